The predicted octanol–water partition coefficient (Wildman–Crippen LogP) is 4.52. The molecule has 2 aromatic heterocycles. The van der Waals surface area contributed by atoms with E-state index >= 15 is 0 Å². The van der Waals surface area contributed by atoms with Crippen molar-refractivity contribution in [3.8, 4) is 0 Å². The molecule has 0 bridgehead atoms. The van der Waals surface area contributed by atoms with Gasteiger partial charge in [0.2, 0.25) is 5.91 Å². The van der Waals surface area contributed by atoms with Gasteiger partial charge in [0, 0.05) is 16.3 Å². The summed E-state index contributed by atoms with van der Waals surface area (Å²) in [4.78, 5) is 24.1. The Hall–Kier alpha value is -1.14. The second kappa shape index (κ2) is 8.04. The number of carbonyl (C=O) groups excluding carboxylic acids is 1. The van der Waals surface area contributed by atoms with Crippen LogP contribution in [0.3, 0.4) is 0 Å². The average molecular weight is 378 g/mol. The summed E-state index contributed by atoms with van der Waals surface area (Å²) in [5, 5.41) is 5.29. The molecule has 1 aliphatic rings. The number of amides is 1. The lowest BCUT2D eigenvalue weighted by molar-refractivity contribution is -0.119. The number of hydrogen-bond donors (Lipinski definition) is 1. The number of aromatic nitrogens is 2. The van der Waals surface area contributed by atoms with Gasteiger partial charge in [-0.05, 0) is 57.4 Å². The van der Waals surface area contributed by atoms with Crippen molar-refractivity contribution in [1.29, 1.82) is 0 Å². The third kappa shape index (κ3) is 4.53. The van der Waals surface area contributed by atoms with Gasteiger partial charge in [0.25, 0.3) is 0 Å². The second-order valence-electron chi connectivity index (χ2n) is 7.34. The van der Waals surface area contributed by atoms with E-state index in [4.69, 9.17) is 0 Å². The quantitative estimate of drug-likeness (QED) is 0.569. The van der Waals surface area contributed by atoms with E-state index in [-0.39, 0.29) is 11.9 Å². The fourth-order valence-electron chi connectivity index (χ4n) is 3.27. The largest absolute Gasteiger partial charge is 0.353 e. The van der Waals surface area contributed by atoms with Crippen LogP contribution in [0.2, 0.25) is 0 Å². The van der Waals surface area contributed by atoms with Gasteiger partial charge < -0.3 is 5.32 Å². The molecule has 0 spiro atoms. The molecule has 136 valence electrons. The number of fused-ring (bicyclic) bond motifs is 3. The summed E-state index contributed by atoms with van der Waals surface area (Å²) < 4.78 is 0. The molecule has 4 nitrogen and oxygen atoms in total. The number of hydrogen-bond acceptors (Lipinski definition) is 5. The SMILES string of the molecule is Cc1nc(SCC(=O)N[C@H](C)CCC(C)C)c2c3c(sc2n1)CCC3. The highest BCUT2D eigenvalue weighted by atomic mass is 32.2. The first-order valence-electron chi connectivity index (χ1n) is 9.15. The van der Waals surface area contributed by atoms with Gasteiger partial charge in [-0.2, -0.15) is 0 Å². The molecule has 25 heavy (non-hydrogen) atoms. The maximum absolute atomic E-state index is 12.3. The Morgan fingerprint density at radius 3 is 2.80 bits per heavy atom. The Morgan fingerprint density at radius 2 is 2.04 bits per heavy atom. The highest BCUT2D eigenvalue weighted by molar-refractivity contribution is 8.00. The zero-order valence-electron chi connectivity index (χ0n) is 15.5. The molecule has 1 N–H and O–H groups in total. The summed E-state index contributed by atoms with van der Waals surface area (Å²) in [5.74, 6) is 1.98. The molecule has 0 radical (unpaired) electrons. The minimum Gasteiger partial charge on any atom is -0.353 e. The topological polar surface area (TPSA) is 54.9 Å². The first-order valence-corrected chi connectivity index (χ1v) is 10.9. The van der Waals surface area contributed by atoms with E-state index < -0.39 is 0 Å². The zero-order chi connectivity index (χ0) is 18.0. The number of nitrogens with zero attached hydrogens (tertiary/aromatic N) is 2. The Bertz CT molecular complexity index is 770. The van der Waals surface area contributed by atoms with Crippen LogP contribution >= 0.6 is 23.1 Å². The van der Waals surface area contributed by atoms with Crippen molar-refractivity contribution in [2.75, 3.05) is 5.75 Å². The van der Waals surface area contributed by atoms with Crippen molar-refractivity contribution in [2.24, 2.45) is 5.92 Å². The van der Waals surface area contributed by atoms with Crippen molar-refractivity contribution in [3.05, 3.63) is 16.3 Å². The van der Waals surface area contributed by atoms with Gasteiger partial charge in [0.05, 0.1) is 5.75 Å². The summed E-state index contributed by atoms with van der Waals surface area (Å²) in [6, 6.07) is 0.230. The molecule has 0 aromatic carbocycles. The Balaban J connectivity index is 1.66. The van der Waals surface area contributed by atoms with Gasteiger partial charge in [-0.15, -0.1) is 11.3 Å². The van der Waals surface area contributed by atoms with E-state index in [1.54, 1.807) is 23.1 Å². The number of thioether (sulfide) groups is 1. The fraction of sp³-hybridized carbons (Fsp3) is 0.632. The van der Waals surface area contributed by atoms with E-state index in [0.29, 0.717) is 11.7 Å². The summed E-state index contributed by atoms with van der Waals surface area (Å²) >= 11 is 3.36. The number of rotatable bonds is 7. The van der Waals surface area contributed by atoms with Crippen LogP contribution in [-0.2, 0) is 17.6 Å². The average Bonchev–Trinajstić information content (AvgIpc) is 3.10. The summed E-state index contributed by atoms with van der Waals surface area (Å²) in [6.07, 6.45) is 5.67. The molecular weight excluding hydrogens is 350 g/mol. The number of thiophene rings is 1. The summed E-state index contributed by atoms with van der Waals surface area (Å²) in [5.41, 5.74) is 1.42. The lowest BCUT2D eigenvalue weighted by Crippen LogP contribution is -2.34. The molecule has 0 saturated heterocycles. The monoisotopic (exact) mass is 377 g/mol. The minimum atomic E-state index is 0.0950. The Labute approximate surface area is 158 Å². The number of carbonyl (C=O) groups is 1. The van der Waals surface area contributed by atoms with Crippen molar-refractivity contribution in [3.63, 3.8) is 0 Å². The molecule has 2 heterocycles. The lowest BCUT2D eigenvalue weighted by Gasteiger charge is -2.15. The highest BCUT2D eigenvalue weighted by Crippen LogP contribution is 2.40. The van der Waals surface area contributed by atoms with Crippen molar-refractivity contribution >= 4 is 39.2 Å². The first-order chi connectivity index (χ1) is 11.9. The maximum atomic E-state index is 12.3. The molecule has 1 atom stereocenters. The zero-order valence-corrected chi connectivity index (χ0v) is 17.1. The molecule has 1 aliphatic carbocycles. The smallest absolute Gasteiger partial charge is 0.230 e. The van der Waals surface area contributed by atoms with E-state index in [1.807, 2.05) is 6.92 Å². The van der Waals surface area contributed by atoms with Crippen molar-refractivity contribution in [1.82, 2.24) is 15.3 Å². The lowest BCUT2D eigenvalue weighted by atomic mass is 10.0. The maximum Gasteiger partial charge on any atom is 0.230 e. The van der Waals surface area contributed by atoms with Crippen LogP contribution in [0, 0.1) is 12.8 Å². The van der Waals surface area contributed by atoms with Crippen molar-refractivity contribution in [2.45, 2.75) is 70.9 Å². The van der Waals surface area contributed by atoms with E-state index in [9.17, 15) is 4.79 Å². The van der Waals surface area contributed by atoms with Crippen LogP contribution in [0.4, 0.5) is 0 Å². The Morgan fingerprint density at radius 1 is 1.24 bits per heavy atom. The minimum absolute atomic E-state index is 0.0950. The number of aryl methyl sites for hydroxylation is 3. The van der Waals surface area contributed by atoms with E-state index in [1.165, 1.54) is 22.2 Å². The van der Waals surface area contributed by atoms with Crippen LogP contribution < -0.4 is 5.32 Å². The second-order valence-corrected chi connectivity index (χ2v) is 9.39. The van der Waals surface area contributed by atoms with Gasteiger partial charge >= 0.3 is 0 Å². The van der Waals surface area contributed by atoms with Crippen LogP contribution in [0.5, 0.6) is 0 Å². The van der Waals surface area contributed by atoms with Crippen LogP contribution in [-0.4, -0.2) is 27.7 Å². The van der Waals surface area contributed by atoms with Crippen LogP contribution in [0.25, 0.3) is 10.2 Å². The third-order valence-electron chi connectivity index (χ3n) is 4.57. The molecule has 2 aromatic rings. The van der Waals surface area contributed by atoms with Gasteiger partial charge in [-0.1, -0.05) is 25.6 Å². The van der Waals surface area contributed by atoms with Crippen LogP contribution in [0.15, 0.2) is 5.03 Å². The van der Waals surface area contributed by atoms with Gasteiger partial charge in [-0.25, -0.2) is 9.97 Å². The normalized spacial score (nSPS) is 14.9. The molecule has 6 heteroatoms. The van der Waals surface area contributed by atoms with Crippen molar-refractivity contribution < 1.29 is 4.79 Å². The van der Waals surface area contributed by atoms with E-state index in [0.717, 1.165) is 41.4 Å². The number of nitrogens with one attached hydrogen (secondary N) is 1. The molecule has 0 aliphatic heterocycles. The molecule has 0 fully saturated rings. The predicted molar refractivity (Wildman–Crippen MR) is 107 cm³/mol. The fourth-order valence-corrected chi connectivity index (χ4v) is 5.56. The first kappa shape index (κ1) is 18.6. The molecule has 0 saturated carbocycles. The highest BCUT2D eigenvalue weighted by Gasteiger charge is 2.22. The molecule has 1 amide bonds. The van der Waals surface area contributed by atoms with Gasteiger partial charge in [-0.3, -0.25) is 4.79 Å². The molecular formula is C19H27N3OS2. The summed E-state index contributed by atoms with van der Waals surface area (Å²) in [7, 11) is 0. The Kier molecular flexibility index (Phi) is 6.00. The molecule has 0 unspecified atom stereocenters. The van der Waals surface area contributed by atoms with E-state index in [2.05, 4.69) is 36.1 Å². The van der Waals surface area contributed by atoms with Crippen LogP contribution in [0.1, 0.15) is 56.3 Å². The summed E-state index contributed by atoms with van der Waals surface area (Å²) in [6.45, 7) is 8.45. The van der Waals surface area contributed by atoms with Gasteiger partial charge in [0.1, 0.15) is 15.7 Å². The third-order valence-corrected chi connectivity index (χ3v) is 6.73. The standard InChI is InChI=1S/C19H27N3OS2/c1-11(2)8-9-12(3)20-16(23)10-24-18-17-14-6-5-7-15(14)25-19(17)22-13(4)21-18/h11-12H,5-10H2,1-4H3,(H,20,23)/t12-/m1/s1. The molecule has 3 rings (SSSR count). The van der Waals surface area contributed by atoms with Gasteiger partial charge in [0.15, 0.2) is 0 Å².